The molecule has 94 valence electrons. The molecule has 1 atom stereocenters. The maximum Gasteiger partial charge on any atom is 0.0499 e. The molecule has 1 aromatic carbocycles. The summed E-state index contributed by atoms with van der Waals surface area (Å²) in [5.74, 6) is 0. The van der Waals surface area contributed by atoms with E-state index >= 15 is 0 Å². The van der Waals surface area contributed by atoms with Gasteiger partial charge in [0, 0.05) is 28.8 Å². The van der Waals surface area contributed by atoms with Crippen LogP contribution in [0.15, 0.2) is 18.2 Å². The van der Waals surface area contributed by atoms with Gasteiger partial charge in [0.2, 0.25) is 0 Å². The first-order chi connectivity index (χ1) is 7.96. The standard InChI is InChI=1S/C14H21ClN2/c1-10-5-6-11(15)9-12(10)17-8-7-13(16-4)14(17,2)3/h5-6,9,13,16H,7-8H2,1-4H3. The van der Waals surface area contributed by atoms with Crippen molar-refractivity contribution in [3.05, 3.63) is 28.8 Å². The Balaban J connectivity index is 2.38. The number of nitrogens with zero attached hydrogens (tertiary/aromatic N) is 1. The predicted molar refractivity (Wildman–Crippen MR) is 75.1 cm³/mol. The van der Waals surface area contributed by atoms with Crippen LogP contribution in [0.2, 0.25) is 5.02 Å². The first kappa shape index (κ1) is 12.7. The highest BCUT2D eigenvalue weighted by Gasteiger charge is 2.40. The number of hydrogen-bond acceptors (Lipinski definition) is 2. The van der Waals surface area contributed by atoms with E-state index < -0.39 is 0 Å². The Morgan fingerprint density at radius 2 is 2.12 bits per heavy atom. The van der Waals surface area contributed by atoms with E-state index in [9.17, 15) is 0 Å². The van der Waals surface area contributed by atoms with Crippen molar-refractivity contribution in [3.63, 3.8) is 0 Å². The van der Waals surface area contributed by atoms with Crippen molar-refractivity contribution in [3.8, 4) is 0 Å². The molecule has 1 unspecified atom stereocenters. The summed E-state index contributed by atoms with van der Waals surface area (Å²) >= 11 is 6.12. The van der Waals surface area contributed by atoms with Gasteiger partial charge >= 0.3 is 0 Å². The minimum Gasteiger partial charge on any atom is -0.365 e. The van der Waals surface area contributed by atoms with E-state index in [-0.39, 0.29) is 5.54 Å². The maximum atomic E-state index is 6.12. The third-order valence-electron chi connectivity index (χ3n) is 4.00. The van der Waals surface area contributed by atoms with Crippen LogP contribution >= 0.6 is 11.6 Å². The molecule has 0 aliphatic carbocycles. The number of nitrogens with one attached hydrogen (secondary N) is 1. The van der Waals surface area contributed by atoms with Crippen molar-refractivity contribution in [2.24, 2.45) is 0 Å². The molecule has 1 heterocycles. The molecule has 1 aromatic rings. The number of anilines is 1. The zero-order valence-corrected chi connectivity index (χ0v) is 11.8. The second-order valence-electron chi connectivity index (χ2n) is 5.37. The van der Waals surface area contributed by atoms with Crippen molar-refractivity contribution in [1.82, 2.24) is 5.32 Å². The van der Waals surface area contributed by atoms with Gasteiger partial charge in [0.25, 0.3) is 0 Å². The summed E-state index contributed by atoms with van der Waals surface area (Å²) in [6.45, 7) is 7.82. The van der Waals surface area contributed by atoms with Gasteiger partial charge in [-0.15, -0.1) is 0 Å². The highest BCUT2D eigenvalue weighted by molar-refractivity contribution is 6.30. The van der Waals surface area contributed by atoms with Crippen LogP contribution in [0.3, 0.4) is 0 Å². The highest BCUT2D eigenvalue weighted by Crippen LogP contribution is 2.36. The quantitative estimate of drug-likeness (QED) is 0.870. The minimum absolute atomic E-state index is 0.129. The van der Waals surface area contributed by atoms with Crippen molar-refractivity contribution in [1.29, 1.82) is 0 Å². The molecule has 0 bridgehead atoms. The lowest BCUT2D eigenvalue weighted by molar-refractivity contribution is 0.402. The second kappa shape index (κ2) is 4.51. The van der Waals surface area contributed by atoms with Crippen LogP contribution in [0.25, 0.3) is 0 Å². The molecule has 1 aliphatic rings. The second-order valence-corrected chi connectivity index (χ2v) is 5.80. The van der Waals surface area contributed by atoms with Gasteiger partial charge in [-0.3, -0.25) is 0 Å². The first-order valence-electron chi connectivity index (χ1n) is 6.18. The van der Waals surface area contributed by atoms with Gasteiger partial charge in [0.05, 0.1) is 0 Å². The molecule has 17 heavy (non-hydrogen) atoms. The summed E-state index contributed by atoms with van der Waals surface area (Å²) in [5.41, 5.74) is 2.68. The molecule has 1 N–H and O–H groups in total. The Labute approximate surface area is 109 Å². The summed E-state index contributed by atoms with van der Waals surface area (Å²) in [6, 6.07) is 6.66. The van der Waals surface area contributed by atoms with Gasteiger partial charge in [-0.05, 0) is 51.9 Å². The van der Waals surface area contributed by atoms with Crippen molar-refractivity contribution >= 4 is 17.3 Å². The molecule has 1 aliphatic heterocycles. The molecule has 0 amide bonds. The summed E-state index contributed by atoms with van der Waals surface area (Å²) < 4.78 is 0. The zero-order chi connectivity index (χ0) is 12.6. The smallest absolute Gasteiger partial charge is 0.0499 e. The molecule has 0 aromatic heterocycles. The largest absolute Gasteiger partial charge is 0.365 e. The number of hydrogen-bond donors (Lipinski definition) is 1. The van der Waals surface area contributed by atoms with Gasteiger partial charge < -0.3 is 10.2 Å². The number of benzene rings is 1. The Morgan fingerprint density at radius 3 is 2.71 bits per heavy atom. The first-order valence-corrected chi connectivity index (χ1v) is 6.55. The highest BCUT2D eigenvalue weighted by atomic mass is 35.5. The van der Waals surface area contributed by atoms with Crippen LogP contribution in [0, 0.1) is 6.92 Å². The van der Waals surface area contributed by atoms with E-state index in [2.05, 4.69) is 43.1 Å². The van der Waals surface area contributed by atoms with Crippen molar-refractivity contribution in [2.45, 2.75) is 38.8 Å². The summed E-state index contributed by atoms with van der Waals surface area (Å²) in [5, 5.41) is 4.23. The molecule has 1 fully saturated rings. The topological polar surface area (TPSA) is 15.3 Å². The van der Waals surface area contributed by atoms with E-state index in [1.54, 1.807) is 0 Å². The normalized spacial score (nSPS) is 23.1. The average molecular weight is 253 g/mol. The predicted octanol–water partition coefficient (Wildman–Crippen LogP) is 3.23. The number of halogens is 1. The van der Waals surface area contributed by atoms with E-state index in [0.717, 1.165) is 11.6 Å². The van der Waals surface area contributed by atoms with E-state index in [1.165, 1.54) is 17.7 Å². The van der Waals surface area contributed by atoms with Crippen LogP contribution in [0.1, 0.15) is 25.8 Å². The van der Waals surface area contributed by atoms with E-state index in [0.29, 0.717) is 6.04 Å². The fourth-order valence-corrected chi connectivity index (χ4v) is 3.06. The Bertz CT molecular complexity index is 415. The molecule has 3 heteroatoms. The maximum absolute atomic E-state index is 6.12. The zero-order valence-electron chi connectivity index (χ0n) is 11.0. The fourth-order valence-electron chi connectivity index (χ4n) is 2.89. The lowest BCUT2D eigenvalue weighted by Gasteiger charge is -2.38. The molecular formula is C14H21ClN2. The van der Waals surface area contributed by atoms with Gasteiger partial charge in [-0.1, -0.05) is 17.7 Å². The van der Waals surface area contributed by atoms with E-state index in [4.69, 9.17) is 11.6 Å². The molecule has 1 saturated heterocycles. The van der Waals surface area contributed by atoms with Crippen LogP contribution in [0.4, 0.5) is 5.69 Å². The Kier molecular flexibility index (Phi) is 3.37. The number of rotatable bonds is 2. The third kappa shape index (κ3) is 2.16. The lowest BCUT2D eigenvalue weighted by Crippen LogP contribution is -2.50. The molecule has 0 spiro atoms. The monoisotopic (exact) mass is 252 g/mol. The summed E-state index contributed by atoms with van der Waals surface area (Å²) in [7, 11) is 2.04. The molecule has 0 saturated carbocycles. The van der Waals surface area contributed by atoms with Crippen LogP contribution in [-0.4, -0.2) is 25.2 Å². The van der Waals surface area contributed by atoms with Gasteiger partial charge in [0.1, 0.15) is 0 Å². The summed E-state index contributed by atoms with van der Waals surface area (Å²) in [6.07, 6.45) is 1.18. The Hall–Kier alpha value is -0.730. The van der Waals surface area contributed by atoms with E-state index in [1.807, 2.05) is 13.1 Å². The van der Waals surface area contributed by atoms with Gasteiger partial charge in [-0.25, -0.2) is 0 Å². The Morgan fingerprint density at radius 1 is 1.41 bits per heavy atom. The fraction of sp³-hybridized carbons (Fsp3) is 0.571. The molecule has 2 rings (SSSR count). The molecular weight excluding hydrogens is 232 g/mol. The lowest BCUT2D eigenvalue weighted by atomic mass is 9.95. The van der Waals surface area contributed by atoms with Crippen LogP contribution < -0.4 is 10.2 Å². The van der Waals surface area contributed by atoms with Crippen LogP contribution in [-0.2, 0) is 0 Å². The number of aryl methyl sites for hydroxylation is 1. The summed E-state index contributed by atoms with van der Waals surface area (Å²) in [4.78, 5) is 2.47. The van der Waals surface area contributed by atoms with Crippen molar-refractivity contribution < 1.29 is 0 Å². The van der Waals surface area contributed by atoms with Crippen LogP contribution in [0.5, 0.6) is 0 Å². The number of likely N-dealkylation sites (N-methyl/N-ethyl adjacent to an activating group) is 1. The minimum atomic E-state index is 0.129. The van der Waals surface area contributed by atoms with Crippen molar-refractivity contribution in [2.75, 3.05) is 18.5 Å². The molecule has 2 nitrogen and oxygen atoms in total. The van der Waals surface area contributed by atoms with Gasteiger partial charge in [0.15, 0.2) is 0 Å². The average Bonchev–Trinajstić information content (AvgIpc) is 2.57. The van der Waals surface area contributed by atoms with Gasteiger partial charge in [-0.2, -0.15) is 0 Å². The molecule has 0 radical (unpaired) electrons. The SMILES string of the molecule is CNC1CCN(c2cc(Cl)ccc2C)C1(C)C. The third-order valence-corrected chi connectivity index (χ3v) is 4.24.